The Hall–Kier alpha value is -2.01. The molecule has 0 bridgehead atoms. The molecule has 0 unspecified atom stereocenters. The lowest BCUT2D eigenvalue weighted by atomic mass is 9.89. The Morgan fingerprint density at radius 1 is 1.09 bits per heavy atom. The van der Waals surface area contributed by atoms with E-state index in [9.17, 15) is 4.79 Å². The van der Waals surface area contributed by atoms with Crippen molar-refractivity contribution >= 4 is 23.1 Å². The number of hydrogen-bond acceptors (Lipinski definition) is 5. The van der Waals surface area contributed by atoms with E-state index < -0.39 is 0 Å². The summed E-state index contributed by atoms with van der Waals surface area (Å²) in [5.74, 6) is 0.800. The van der Waals surface area contributed by atoms with E-state index in [1.165, 1.54) is 0 Å². The minimum Gasteiger partial charge on any atom is -0.338 e. The quantitative estimate of drug-likeness (QED) is 0.797. The first kappa shape index (κ1) is 15.9. The molecule has 122 valence electrons. The molecule has 0 saturated carbocycles. The van der Waals surface area contributed by atoms with E-state index in [1.54, 1.807) is 0 Å². The molecule has 3 rings (SSSR count). The molecule has 0 aliphatic carbocycles. The molecule has 1 aliphatic heterocycles. The Labute approximate surface area is 137 Å². The van der Waals surface area contributed by atoms with Gasteiger partial charge in [0.2, 0.25) is 5.95 Å². The molecule has 1 aromatic carbocycles. The highest BCUT2D eigenvalue weighted by molar-refractivity contribution is 5.89. The number of carbonyl (C=O) groups excluding carboxylic acids is 1. The predicted octanol–water partition coefficient (Wildman–Crippen LogP) is 2.49. The van der Waals surface area contributed by atoms with Gasteiger partial charge in [0.15, 0.2) is 0 Å². The third-order valence-corrected chi connectivity index (χ3v) is 4.34. The number of carbonyl (C=O) groups is 1. The normalized spacial score (nSPS) is 16.8. The summed E-state index contributed by atoms with van der Waals surface area (Å²) in [6.07, 6.45) is 0.875. The van der Waals surface area contributed by atoms with E-state index in [1.807, 2.05) is 18.2 Å². The summed E-state index contributed by atoms with van der Waals surface area (Å²) < 4.78 is 0. The van der Waals surface area contributed by atoms with Crippen LogP contribution >= 0.6 is 0 Å². The van der Waals surface area contributed by atoms with Gasteiger partial charge < -0.3 is 9.80 Å². The number of likely N-dealkylation sites (N-methyl/N-ethyl adjacent to an activating group) is 1. The summed E-state index contributed by atoms with van der Waals surface area (Å²) in [5.41, 5.74) is 2.47. The van der Waals surface area contributed by atoms with E-state index in [4.69, 9.17) is 9.97 Å². The van der Waals surface area contributed by atoms with Crippen LogP contribution in [0.1, 0.15) is 36.8 Å². The van der Waals surface area contributed by atoms with Crippen LogP contribution in [0.4, 0.5) is 5.95 Å². The van der Waals surface area contributed by atoms with Gasteiger partial charge in [-0.1, -0.05) is 20.8 Å². The lowest BCUT2D eigenvalue weighted by Gasteiger charge is -2.33. The van der Waals surface area contributed by atoms with Crippen molar-refractivity contribution in [3.05, 3.63) is 29.5 Å². The molecule has 1 aliphatic rings. The second-order valence-corrected chi connectivity index (χ2v) is 7.31. The number of benzene rings is 1. The third kappa shape index (κ3) is 3.20. The van der Waals surface area contributed by atoms with Gasteiger partial charge in [0.05, 0.1) is 11.2 Å². The predicted molar refractivity (Wildman–Crippen MR) is 93.3 cm³/mol. The maximum atomic E-state index is 11.1. The van der Waals surface area contributed by atoms with Gasteiger partial charge in [-0.2, -0.15) is 0 Å². The van der Waals surface area contributed by atoms with Gasteiger partial charge in [0.25, 0.3) is 0 Å². The highest BCUT2D eigenvalue weighted by atomic mass is 16.1. The molecule has 0 radical (unpaired) electrons. The molecule has 5 nitrogen and oxygen atoms in total. The molecular formula is C18H24N4O. The van der Waals surface area contributed by atoms with Crippen molar-refractivity contribution in [1.29, 1.82) is 0 Å². The molecule has 0 spiro atoms. The average molecular weight is 312 g/mol. The summed E-state index contributed by atoms with van der Waals surface area (Å²) >= 11 is 0. The Bertz CT molecular complexity index is 728. The SMILES string of the molecule is CN1CCN(c2nc(C(C)(C)C)c3cc(C=O)ccc3n2)CC1. The van der Waals surface area contributed by atoms with Crippen molar-refractivity contribution in [2.45, 2.75) is 26.2 Å². The van der Waals surface area contributed by atoms with Crippen molar-refractivity contribution < 1.29 is 4.79 Å². The zero-order valence-electron chi connectivity index (χ0n) is 14.3. The van der Waals surface area contributed by atoms with Gasteiger partial charge in [0, 0.05) is 42.5 Å². The second-order valence-electron chi connectivity index (χ2n) is 7.31. The molecule has 0 N–H and O–H groups in total. The lowest BCUT2D eigenvalue weighted by Crippen LogP contribution is -2.45. The highest BCUT2D eigenvalue weighted by Gasteiger charge is 2.24. The third-order valence-electron chi connectivity index (χ3n) is 4.34. The molecule has 1 saturated heterocycles. The van der Waals surface area contributed by atoms with E-state index in [0.29, 0.717) is 5.56 Å². The number of rotatable bonds is 2. The van der Waals surface area contributed by atoms with Crippen molar-refractivity contribution in [3.63, 3.8) is 0 Å². The Balaban J connectivity index is 2.12. The number of nitrogens with zero attached hydrogens (tertiary/aromatic N) is 4. The molecule has 5 heteroatoms. The molecular weight excluding hydrogens is 288 g/mol. The van der Waals surface area contributed by atoms with Crippen LogP contribution in [0.3, 0.4) is 0 Å². The number of aldehydes is 1. The standard InChI is InChI=1S/C18H24N4O/c1-18(2,3)16-14-11-13(12-23)5-6-15(14)19-17(20-16)22-9-7-21(4)8-10-22/h5-6,11-12H,7-10H2,1-4H3. The van der Waals surface area contributed by atoms with Gasteiger partial charge in [-0.25, -0.2) is 9.97 Å². The molecule has 2 heterocycles. The summed E-state index contributed by atoms with van der Waals surface area (Å²) in [7, 11) is 2.14. The van der Waals surface area contributed by atoms with Crippen molar-refractivity contribution in [2.24, 2.45) is 0 Å². The second kappa shape index (κ2) is 5.89. The minimum absolute atomic E-state index is 0.107. The van der Waals surface area contributed by atoms with Crippen LogP contribution < -0.4 is 4.90 Å². The summed E-state index contributed by atoms with van der Waals surface area (Å²) in [4.78, 5) is 25.3. The average Bonchev–Trinajstić information content (AvgIpc) is 2.53. The fourth-order valence-corrected chi connectivity index (χ4v) is 2.93. The first-order valence-electron chi connectivity index (χ1n) is 8.09. The number of anilines is 1. The van der Waals surface area contributed by atoms with Crippen LogP contribution in [0.25, 0.3) is 10.9 Å². The summed E-state index contributed by atoms with van der Waals surface area (Å²) in [6, 6.07) is 5.65. The zero-order valence-corrected chi connectivity index (χ0v) is 14.3. The lowest BCUT2D eigenvalue weighted by molar-refractivity contribution is 0.112. The number of fused-ring (bicyclic) bond motifs is 1. The molecule has 0 atom stereocenters. The minimum atomic E-state index is -0.107. The van der Waals surface area contributed by atoms with Crippen LogP contribution in [-0.2, 0) is 5.41 Å². The Kier molecular flexibility index (Phi) is 4.06. The van der Waals surface area contributed by atoms with Gasteiger partial charge in [-0.15, -0.1) is 0 Å². The first-order valence-corrected chi connectivity index (χ1v) is 8.09. The smallest absolute Gasteiger partial charge is 0.226 e. The zero-order chi connectivity index (χ0) is 16.6. The van der Waals surface area contributed by atoms with Gasteiger partial charge >= 0.3 is 0 Å². The largest absolute Gasteiger partial charge is 0.338 e. The molecule has 1 aromatic heterocycles. The van der Waals surface area contributed by atoms with Crippen LogP contribution in [0.2, 0.25) is 0 Å². The first-order chi connectivity index (χ1) is 10.9. The van der Waals surface area contributed by atoms with E-state index in [-0.39, 0.29) is 5.41 Å². The van der Waals surface area contributed by atoms with Crippen molar-refractivity contribution in [2.75, 3.05) is 38.1 Å². The van der Waals surface area contributed by atoms with Crippen LogP contribution in [-0.4, -0.2) is 54.4 Å². The fraction of sp³-hybridized carbons (Fsp3) is 0.500. The monoisotopic (exact) mass is 312 g/mol. The van der Waals surface area contributed by atoms with Gasteiger partial charge in [0.1, 0.15) is 6.29 Å². The van der Waals surface area contributed by atoms with Crippen molar-refractivity contribution in [3.8, 4) is 0 Å². The maximum Gasteiger partial charge on any atom is 0.226 e. The maximum absolute atomic E-state index is 11.1. The summed E-state index contributed by atoms with van der Waals surface area (Å²) in [5, 5.41) is 0.972. The number of hydrogen-bond donors (Lipinski definition) is 0. The molecule has 23 heavy (non-hydrogen) atoms. The fourth-order valence-electron chi connectivity index (χ4n) is 2.93. The van der Waals surface area contributed by atoms with Crippen LogP contribution in [0, 0.1) is 0 Å². The Morgan fingerprint density at radius 2 is 1.78 bits per heavy atom. The van der Waals surface area contributed by atoms with Crippen molar-refractivity contribution in [1.82, 2.24) is 14.9 Å². The van der Waals surface area contributed by atoms with Gasteiger partial charge in [-0.05, 0) is 25.2 Å². The number of aromatic nitrogens is 2. The van der Waals surface area contributed by atoms with E-state index in [2.05, 4.69) is 37.6 Å². The van der Waals surface area contributed by atoms with E-state index in [0.717, 1.165) is 55.0 Å². The molecule has 2 aromatic rings. The molecule has 1 fully saturated rings. The van der Waals surface area contributed by atoms with Gasteiger partial charge in [-0.3, -0.25) is 4.79 Å². The Morgan fingerprint density at radius 3 is 2.39 bits per heavy atom. The topological polar surface area (TPSA) is 49.3 Å². The van der Waals surface area contributed by atoms with E-state index >= 15 is 0 Å². The number of piperazine rings is 1. The molecule has 0 amide bonds. The van der Waals surface area contributed by atoms with Crippen LogP contribution in [0.5, 0.6) is 0 Å². The summed E-state index contributed by atoms with van der Waals surface area (Å²) in [6.45, 7) is 10.4. The van der Waals surface area contributed by atoms with Crippen LogP contribution in [0.15, 0.2) is 18.2 Å². The highest BCUT2D eigenvalue weighted by Crippen LogP contribution is 2.30.